The number of nitrogens with zero attached hydrogens (tertiary/aromatic N) is 2. The number of benzene rings is 8. The normalized spacial score (nSPS) is 13.5. The van der Waals surface area contributed by atoms with Crippen molar-refractivity contribution in [2.24, 2.45) is 0 Å². The Morgan fingerprint density at radius 3 is 1.65 bits per heavy atom. The quantitative estimate of drug-likeness (QED) is 0.181. The summed E-state index contributed by atoms with van der Waals surface area (Å²) in [6, 6.07) is 62.1. The van der Waals surface area contributed by atoms with Crippen molar-refractivity contribution in [1.29, 1.82) is 0 Å². The number of hydrogen-bond acceptors (Lipinski definition) is 1. The first-order valence-electron chi connectivity index (χ1n) is 18.8. The van der Waals surface area contributed by atoms with Crippen molar-refractivity contribution in [2.75, 3.05) is 0 Å². The summed E-state index contributed by atoms with van der Waals surface area (Å²) in [7, 11) is 0. The van der Waals surface area contributed by atoms with Gasteiger partial charge in [0.25, 0.3) is 0 Å². The van der Waals surface area contributed by atoms with Crippen LogP contribution < -0.4 is 0 Å². The van der Waals surface area contributed by atoms with Gasteiger partial charge in [0.05, 0.1) is 22.1 Å². The lowest BCUT2D eigenvalue weighted by molar-refractivity contribution is 0.656. The first-order chi connectivity index (χ1) is 26.5. The highest BCUT2D eigenvalue weighted by Gasteiger charge is 2.38. The molecule has 254 valence electrons. The Labute approximate surface area is 311 Å². The average Bonchev–Trinajstić information content (AvgIpc) is 3.92. The zero-order chi connectivity index (χ0) is 35.7. The third-order valence-electron chi connectivity index (χ3n) is 12.1. The Morgan fingerprint density at radius 2 is 0.963 bits per heavy atom. The van der Waals surface area contributed by atoms with E-state index in [1.807, 2.05) is 0 Å². The molecule has 8 aromatic carbocycles. The van der Waals surface area contributed by atoms with E-state index in [0.29, 0.717) is 0 Å². The molecule has 0 radical (unpaired) electrons. The van der Waals surface area contributed by atoms with Crippen LogP contribution in [0.15, 0.2) is 174 Å². The molecule has 3 heterocycles. The molecule has 0 fully saturated rings. The van der Waals surface area contributed by atoms with Crippen LogP contribution in [0.5, 0.6) is 0 Å². The van der Waals surface area contributed by atoms with Gasteiger partial charge in [-0.1, -0.05) is 123 Å². The lowest BCUT2D eigenvalue weighted by Gasteiger charge is -2.23. The predicted molar refractivity (Wildman–Crippen MR) is 225 cm³/mol. The van der Waals surface area contributed by atoms with E-state index in [2.05, 4.69) is 193 Å². The molecular formula is C51H34N2O. The van der Waals surface area contributed by atoms with Crippen molar-refractivity contribution in [3.8, 4) is 33.6 Å². The third-order valence-corrected chi connectivity index (χ3v) is 12.1. The molecule has 0 saturated carbocycles. The lowest BCUT2D eigenvalue weighted by Crippen LogP contribution is -2.15. The molecule has 0 aliphatic heterocycles. The number of para-hydroxylation sites is 4. The SMILES string of the molecule is CC1(C)c2cc(-n3c4ccccc4c4ccc(-c5ccc6c7ccccc7n(-c7ccccc7)c6c5)cc43)ccc2-c2ccc3oc4ccccc4c3c21. The van der Waals surface area contributed by atoms with Gasteiger partial charge >= 0.3 is 0 Å². The van der Waals surface area contributed by atoms with Crippen LogP contribution in [0.25, 0.3) is 99.2 Å². The van der Waals surface area contributed by atoms with E-state index in [1.54, 1.807) is 0 Å². The van der Waals surface area contributed by atoms with Crippen molar-refractivity contribution >= 4 is 65.6 Å². The Bertz CT molecular complexity index is 3350. The summed E-state index contributed by atoms with van der Waals surface area (Å²) in [5.74, 6) is 0. The molecular weight excluding hydrogens is 657 g/mol. The van der Waals surface area contributed by atoms with Crippen molar-refractivity contribution in [2.45, 2.75) is 19.3 Å². The zero-order valence-corrected chi connectivity index (χ0v) is 30.0. The summed E-state index contributed by atoms with van der Waals surface area (Å²) >= 11 is 0. The van der Waals surface area contributed by atoms with Crippen molar-refractivity contribution in [1.82, 2.24) is 9.13 Å². The zero-order valence-electron chi connectivity index (χ0n) is 30.0. The van der Waals surface area contributed by atoms with Crippen molar-refractivity contribution < 1.29 is 4.42 Å². The number of rotatable bonds is 3. The van der Waals surface area contributed by atoms with E-state index in [0.717, 1.165) is 11.2 Å². The van der Waals surface area contributed by atoms with Crippen LogP contribution in [0.2, 0.25) is 0 Å². The second-order valence-corrected chi connectivity index (χ2v) is 15.3. The van der Waals surface area contributed by atoms with Gasteiger partial charge in [-0.05, 0) is 94.0 Å². The monoisotopic (exact) mass is 690 g/mol. The van der Waals surface area contributed by atoms with E-state index in [1.165, 1.54) is 99.1 Å². The summed E-state index contributed by atoms with van der Waals surface area (Å²) in [6.45, 7) is 4.75. The molecule has 11 aromatic rings. The minimum absolute atomic E-state index is 0.219. The van der Waals surface area contributed by atoms with E-state index < -0.39 is 0 Å². The van der Waals surface area contributed by atoms with Crippen molar-refractivity contribution in [3.05, 3.63) is 181 Å². The maximum Gasteiger partial charge on any atom is 0.135 e. The van der Waals surface area contributed by atoms with E-state index in [-0.39, 0.29) is 5.41 Å². The molecule has 3 aromatic heterocycles. The van der Waals surface area contributed by atoms with Gasteiger partial charge in [0, 0.05) is 49.1 Å². The number of aromatic nitrogens is 2. The van der Waals surface area contributed by atoms with Crippen LogP contribution in [0.4, 0.5) is 0 Å². The van der Waals surface area contributed by atoms with Crippen LogP contribution in [0.3, 0.4) is 0 Å². The first-order valence-corrected chi connectivity index (χ1v) is 18.8. The van der Waals surface area contributed by atoms with Crippen LogP contribution in [-0.4, -0.2) is 9.13 Å². The highest BCUT2D eigenvalue weighted by atomic mass is 16.3. The molecule has 0 atom stereocenters. The summed E-state index contributed by atoms with van der Waals surface area (Å²) < 4.78 is 11.2. The van der Waals surface area contributed by atoms with E-state index in [9.17, 15) is 0 Å². The molecule has 12 rings (SSSR count). The molecule has 54 heavy (non-hydrogen) atoms. The van der Waals surface area contributed by atoms with E-state index >= 15 is 0 Å². The Kier molecular flexibility index (Phi) is 5.84. The topological polar surface area (TPSA) is 23.0 Å². The van der Waals surface area contributed by atoms with Crippen LogP contribution in [0.1, 0.15) is 25.0 Å². The molecule has 0 bridgehead atoms. The smallest absolute Gasteiger partial charge is 0.135 e. The Balaban J connectivity index is 1.06. The molecule has 3 nitrogen and oxygen atoms in total. The lowest BCUT2D eigenvalue weighted by atomic mass is 9.80. The fourth-order valence-electron chi connectivity index (χ4n) is 9.68. The van der Waals surface area contributed by atoms with Gasteiger partial charge in [-0.2, -0.15) is 0 Å². The fourth-order valence-corrected chi connectivity index (χ4v) is 9.68. The minimum atomic E-state index is -0.219. The van der Waals surface area contributed by atoms with Crippen LogP contribution in [0, 0.1) is 0 Å². The summed E-state index contributed by atoms with van der Waals surface area (Å²) in [5.41, 5.74) is 16.5. The standard InChI is InChI=1S/C51H34N2O/c1-51(2)42-30-34(22-25-35(42)40-26-27-48-49(50(40)51)41-16-8-11-19-47(41)54-48)53-44-18-10-7-15-37(44)39-24-21-32(29-46(39)53)31-20-23-38-36-14-6-9-17-43(36)52(45(38)28-31)33-12-4-3-5-13-33/h3-30H,1-2H3. The van der Waals surface area contributed by atoms with Gasteiger partial charge in [0.2, 0.25) is 0 Å². The van der Waals surface area contributed by atoms with Gasteiger partial charge in [-0.25, -0.2) is 0 Å². The fraction of sp³-hybridized carbons (Fsp3) is 0.0588. The number of fused-ring (bicyclic) bond motifs is 13. The summed E-state index contributed by atoms with van der Waals surface area (Å²) in [4.78, 5) is 0. The molecule has 0 unspecified atom stereocenters. The molecule has 3 heteroatoms. The highest BCUT2D eigenvalue weighted by Crippen LogP contribution is 2.53. The van der Waals surface area contributed by atoms with Gasteiger partial charge in [0.15, 0.2) is 0 Å². The Morgan fingerprint density at radius 1 is 0.407 bits per heavy atom. The van der Waals surface area contributed by atoms with Crippen molar-refractivity contribution in [3.63, 3.8) is 0 Å². The van der Waals surface area contributed by atoms with E-state index in [4.69, 9.17) is 4.42 Å². The third kappa shape index (κ3) is 3.91. The molecule has 1 aliphatic rings. The number of furan rings is 1. The minimum Gasteiger partial charge on any atom is -0.456 e. The summed E-state index contributed by atoms with van der Waals surface area (Å²) in [5, 5.41) is 7.45. The Hall–Kier alpha value is -6.84. The van der Waals surface area contributed by atoms with Crippen LogP contribution in [-0.2, 0) is 5.41 Å². The molecule has 0 amide bonds. The predicted octanol–water partition coefficient (Wildman–Crippen LogP) is 13.8. The average molecular weight is 691 g/mol. The highest BCUT2D eigenvalue weighted by molar-refractivity contribution is 6.13. The van der Waals surface area contributed by atoms with Gasteiger partial charge in [-0.15, -0.1) is 0 Å². The maximum absolute atomic E-state index is 6.36. The molecule has 0 saturated heterocycles. The van der Waals surface area contributed by atoms with Gasteiger partial charge in [-0.3, -0.25) is 0 Å². The second kappa shape index (κ2) is 10.6. The summed E-state index contributed by atoms with van der Waals surface area (Å²) in [6.07, 6.45) is 0. The molecule has 1 aliphatic carbocycles. The molecule has 0 spiro atoms. The maximum atomic E-state index is 6.36. The van der Waals surface area contributed by atoms with Gasteiger partial charge < -0.3 is 13.6 Å². The molecule has 0 N–H and O–H groups in total. The van der Waals surface area contributed by atoms with Gasteiger partial charge in [0.1, 0.15) is 11.2 Å². The second-order valence-electron chi connectivity index (χ2n) is 15.3. The first kappa shape index (κ1) is 29.7. The largest absolute Gasteiger partial charge is 0.456 e. The number of hydrogen-bond donors (Lipinski definition) is 0. The van der Waals surface area contributed by atoms with Crippen LogP contribution >= 0.6 is 0 Å².